The lowest BCUT2D eigenvalue weighted by Gasteiger charge is -2.25. The Bertz CT molecular complexity index is 997. The Morgan fingerprint density at radius 3 is 2.50 bits per heavy atom. The van der Waals surface area contributed by atoms with Gasteiger partial charge < -0.3 is 15.0 Å². The van der Waals surface area contributed by atoms with Crippen molar-refractivity contribution in [1.29, 1.82) is 0 Å². The molecule has 7 nitrogen and oxygen atoms in total. The van der Waals surface area contributed by atoms with Crippen LogP contribution < -0.4 is 5.32 Å². The summed E-state index contributed by atoms with van der Waals surface area (Å²) in [5, 5.41) is 3.40. The first-order valence-electron chi connectivity index (χ1n) is 10.9. The lowest BCUT2D eigenvalue weighted by Crippen LogP contribution is -2.45. The van der Waals surface area contributed by atoms with Gasteiger partial charge in [0.15, 0.2) is 0 Å². The van der Waals surface area contributed by atoms with Gasteiger partial charge in [-0.15, -0.1) is 11.3 Å². The van der Waals surface area contributed by atoms with E-state index >= 15 is 0 Å². The van der Waals surface area contributed by atoms with E-state index in [1.54, 1.807) is 25.9 Å². The van der Waals surface area contributed by atoms with Crippen molar-refractivity contribution < 1.29 is 19.1 Å². The molecule has 1 aliphatic rings. The fraction of sp³-hybridized carbons (Fsp3) is 0.458. The van der Waals surface area contributed by atoms with E-state index in [0.717, 1.165) is 34.4 Å². The third-order valence-corrected chi connectivity index (χ3v) is 6.61. The number of rotatable bonds is 7. The van der Waals surface area contributed by atoms with Crippen LogP contribution in [0.15, 0.2) is 24.3 Å². The molecule has 0 spiro atoms. The Hall–Kier alpha value is -2.71. The molecular weight excluding hydrogens is 426 g/mol. The summed E-state index contributed by atoms with van der Waals surface area (Å²) in [5.74, 6) is -0.689. The van der Waals surface area contributed by atoms with Crippen molar-refractivity contribution >= 4 is 34.1 Å². The second kappa shape index (κ2) is 10.3. The number of nitrogens with zero attached hydrogens (tertiary/aromatic N) is 2. The van der Waals surface area contributed by atoms with Crippen LogP contribution in [0.1, 0.15) is 40.6 Å². The fourth-order valence-corrected chi connectivity index (χ4v) is 5.12. The molecule has 1 fully saturated rings. The predicted octanol–water partition coefficient (Wildman–Crippen LogP) is 3.70. The minimum absolute atomic E-state index is 0.0103. The number of likely N-dealkylation sites (tertiary alicyclic amines) is 1. The number of aryl methyl sites for hydroxylation is 2. The molecule has 3 rings (SSSR count). The van der Waals surface area contributed by atoms with Gasteiger partial charge in [-0.2, -0.15) is 0 Å². The quantitative estimate of drug-likeness (QED) is 0.642. The summed E-state index contributed by atoms with van der Waals surface area (Å²) in [4.78, 5) is 42.6. The van der Waals surface area contributed by atoms with Gasteiger partial charge in [0.25, 0.3) is 0 Å². The van der Waals surface area contributed by atoms with Crippen molar-refractivity contribution in [1.82, 2.24) is 9.80 Å². The molecule has 8 heteroatoms. The van der Waals surface area contributed by atoms with Gasteiger partial charge in [0.05, 0.1) is 19.2 Å². The Kier molecular flexibility index (Phi) is 7.69. The molecule has 1 saturated heterocycles. The predicted molar refractivity (Wildman–Crippen MR) is 127 cm³/mol. The van der Waals surface area contributed by atoms with Crippen LogP contribution in [-0.4, -0.2) is 67.4 Å². The maximum Gasteiger partial charge on any atom is 0.341 e. The molecule has 0 radical (unpaired) electrons. The van der Waals surface area contributed by atoms with Gasteiger partial charge in [0, 0.05) is 24.5 Å². The number of likely N-dealkylation sites (N-methyl/N-ethyl adjacent to an activating group) is 1. The van der Waals surface area contributed by atoms with Crippen LogP contribution in [0.5, 0.6) is 0 Å². The molecule has 0 unspecified atom stereocenters. The number of hydrogen-bond donors (Lipinski definition) is 1. The van der Waals surface area contributed by atoms with Crippen molar-refractivity contribution in [3.63, 3.8) is 0 Å². The number of carbonyl (C=O) groups is 3. The monoisotopic (exact) mass is 457 g/mol. The van der Waals surface area contributed by atoms with Crippen molar-refractivity contribution in [3.05, 3.63) is 40.3 Å². The molecule has 172 valence electrons. The zero-order valence-corrected chi connectivity index (χ0v) is 20.2. The van der Waals surface area contributed by atoms with Gasteiger partial charge in [-0.05, 0) is 45.7 Å². The summed E-state index contributed by atoms with van der Waals surface area (Å²) in [7, 11) is 3.46. The van der Waals surface area contributed by atoms with E-state index in [1.807, 2.05) is 43.0 Å². The van der Waals surface area contributed by atoms with Gasteiger partial charge in [-0.1, -0.05) is 29.8 Å². The molecule has 1 aromatic carbocycles. The minimum Gasteiger partial charge on any atom is -0.462 e. The fourth-order valence-electron chi connectivity index (χ4n) is 4.04. The number of hydrogen-bond acceptors (Lipinski definition) is 6. The van der Waals surface area contributed by atoms with Gasteiger partial charge >= 0.3 is 5.97 Å². The van der Waals surface area contributed by atoms with Crippen LogP contribution in [-0.2, 0) is 14.3 Å². The maximum atomic E-state index is 12.9. The third kappa shape index (κ3) is 5.19. The van der Waals surface area contributed by atoms with Gasteiger partial charge in [0.2, 0.25) is 11.8 Å². The van der Waals surface area contributed by atoms with Crippen molar-refractivity contribution in [2.45, 2.75) is 39.7 Å². The molecule has 0 saturated carbocycles. The zero-order chi connectivity index (χ0) is 23.4. The van der Waals surface area contributed by atoms with E-state index < -0.39 is 5.97 Å². The molecule has 1 N–H and O–H groups in total. The van der Waals surface area contributed by atoms with E-state index in [0.29, 0.717) is 17.1 Å². The van der Waals surface area contributed by atoms with Gasteiger partial charge in [-0.25, -0.2) is 4.79 Å². The number of benzene rings is 1. The summed E-state index contributed by atoms with van der Waals surface area (Å²) < 4.78 is 5.31. The van der Waals surface area contributed by atoms with Crippen molar-refractivity contribution in [3.8, 4) is 11.1 Å². The summed E-state index contributed by atoms with van der Waals surface area (Å²) >= 11 is 1.37. The SMILES string of the molecule is CCOC(=O)c1c(NC(=O)CN2CCC[C@H]2C(=O)N(C)C)sc(C)c1-c1ccc(C)cc1. The van der Waals surface area contributed by atoms with Crippen molar-refractivity contribution in [2.75, 3.05) is 39.1 Å². The van der Waals surface area contributed by atoms with Crippen LogP contribution in [0.3, 0.4) is 0 Å². The topological polar surface area (TPSA) is 79.0 Å². The number of nitrogens with one attached hydrogen (secondary N) is 1. The van der Waals surface area contributed by atoms with Gasteiger partial charge in [0.1, 0.15) is 10.6 Å². The average molecular weight is 458 g/mol. The number of esters is 1. The number of thiophene rings is 1. The van der Waals surface area contributed by atoms with Crippen LogP contribution in [0, 0.1) is 13.8 Å². The first kappa shape index (κ1) is 23.9. The second-order valence-electron chi connectivity index (χ2n) is 8.23. The maximum absolute atomic E-state index is 12.9. The van der Waals surface area contributed by atoms with E-state index in [2.05, 4.69) is 5.32 Å². The number of anilines is 1. The van der Waals surface area contributed by atoms with Crippen molar-refractivity contribution in [2.24, 2.45) is 0 Å². The Balaban J connectivity index is 1.86. The molecule has 2 heterocycles. The summed E-state index contributed by atoms with van der Waals surface area (Å²) in [6, 6.07) is 7.65. The molecule has 1 aromatic heterocycles. The van der Waals surface area contributed by atoms with E-state index in [9.17, 15) is 14.4 Å². The van der Waals surface area contributed by atoms with E-state index in [4.69, 9.17) is 4.74 Å². The normalized spacial score (nSPS) is 16.1. The molecule has 32 heavy (non-hydrogen) atoms. The molecular formula is C24H31N3O4S. The lowest BCUT2D eigenvalue weighted by atomic mass is 10.0. The summed E-state index contributed by atoms with van der Waals surface area (Å²) in [6.45, 7) is 6.75. The highest BCUT2D eigenvalue weighted by Crippen LogP contribution is 2.40. The van der Waals surface area contributed by atoms with E-state index in [-0.39, 0.29) is 31.0 Å². The highest BCUT2D eigenvalue weighted by Gasteiger charge is 2.33. The standard InChI is InChI=1S/C24H31N3O4S/c1-6-31-24(30)21-20(17-11-9-15(2)10-12-17)16(3)32-22(21)25-19(28)14-27-13-7-8-18(27)23(29)26(4)5/h9-12,18H,6-8,13-14H2,1-5H3,(H,25,28)/t18-/m0/s1. The Labute approximate surface area is 193 Å². The third-order valence-electron chi connectivity index (χ3n) is 5.59. The summed E-state index contributed by atoms with van der Waals surface area (Å²) in [6.07, 6.45) is 1.62. The highest BCUT2D eigenvalue weighted by molar-refractivity contribution is 7.17. The first-order valence-corrected chi connectivity index (χ1v) is 11.7. The minimum atomic E-state index is -0.454. The lowest BCUT2D eigenvalue weighted by molar-refractivity contribution is -0.133. The first-order chi connectivity index (χ1) is 15.2. The molecule has 1 aliphatic heterocycles. The molecule has 2 amide bonds. The summed E-state index contributed by atoms with van der Waals surface area (Å²) in [5.41, 5.74) is 3.20. The molecule has 1 atom stereocenters. The van der Waals surface area contributed by atoms with Crippen LogP contribution in [0.25, 0.3) is 11.1 Å². The van der Waals surface area contributed by atoms with Gasteiger partial charge in [-0.3, -0.25) is 14.5 Å². The number of carbonyl (C=O) groups excluding carboxylic acids is 3. The zero-order valence-electron chi connectivity index (χ0n) is 19.4. The second-order valence-corrected chi connectivity index (χ2v) is 9.46. The van der Waals surface area contributed by atoms with Crippen LogP contribution >= 0.6 is 11.3 Å². The largest absolute Gasteiger partial charge is 0.462 e. The average Bonchev–Trinajstić information content (AvgIpc) is 3.32. The Morgan fingerprint density at radius 2 is 1.88 bits per heavy atom. The van der Waals surface area contributed by atoms with Crippen LogP contribution in [0.4, 0.5) is 5.00 Å². The van der Waals surface area contributed by atoms with Crippen LogP contribution in [0.2, 0.25) is 0 Å². The molecule has 0 aliphatic carbocycles. The molecule has 2 aromatic rings. The molecule has 0 bridgehead atoms. The smallest absolute Gasteiger partial charge is 0.341 e. The van der Waals surface area contributed by atoms with E-state index in [1.165, 1.54) is 11.3 Å². The number of amides is 2. The Morgan fingerprint density at radius 1 is 1.19 bits per heavy atom. The highest BCUT2D eigenvalue weighted by atomic mass is 32.1. The number of ether oxygens (including phenoxy) is 1.